The number of fused-ring (bicyclic) bond motifs is 3. The first kappa shape index (κ1) is 72.2. The van der Waals surface area contributed by atoms with E-state index in [2.05, 4.69) is 18.2 Å². The van der Waals surface area contributed by atoms with E-state index in [1.54, 1.807) is 6.92 Å². The Labute approximate surface area is 515 Å². The lowest BCUT2D eigenvalue weighted by Crippen LogP contribution is -2.68. The summed E-state index contributed by atoms with van der Waals surface area (Å²) in [6, 6.07) is 0. The number of carbonyl (C=O) groups excluding carboxylic acids is 1. The average Bonchev–Trinajstić information content (AvgIpc) is 0.692. The van der Waals surface area contributed by atoms with Crippen LogP contribution in [0.5, 0.6) is 0 Å². The van der Waals surface area contributed by atoms with Gasteiger partial charge in [0.15, 0.2) is 37.6 Å². The van der Waals surface area contributed by atoms with E-state index in [0.717, 1.165) is 5.57 Å². The second kappa shape index (κ2) is 28.9. The molecule has 0 radical (unpaired) electrons. The number of rotatable bonds is 16. The van der Waals surface area contributed by atoms with Crippen molar-refractivity contribution < 1.29 is 169 Å². The standard InChI is InChI=1S/C50H80O28.C6H12O6/c1-17-10-50-8-5-25-48(2,6-4-7-49(25,3)47(68)78-45-40(35(64)30(59)23(15-54)73-45)76-43-37(66)33(62)28(57)21(13-52)71-43)26(50)9-18(17)19(11-50)69-46-41(77-44-38(67)34(63)29(58)22(14-53)72-44)39(31(60)24(16-55)74-46)75-42-36(65)32(61)27(56)20(12-51)70-42;7-1-2-3(8)4(9)5(10)6(11)12-2/h18-46,51-67H,1,4-16H2,2-3H3;2-11H,1H2/t18?,19-,20?,21?,22?,23?,24?,25+,26+,27?,28?,29?,30?,31?,32?,33?,34?,35?,36?,37?,38?,39?,40?,41?,42?,43?,44?,45?,46?,48-,49-,50-;/m1./s1. The highest BCUT2D eigenvalue weighted by atomic mass is 16.8. The number of carbonyl (C=O) groups is 1. The van der Waals surface area contributed by atoms with Gasteiger partial charge in [-0.05, 0) is 74.5 Å². The van der Waals surface area contributed by atoms with Crippen molar-refractivity contribution in [3.63, 3.8) is 0 Å². The second-order valence-electron chi connectivity index (χ2n) is 26.3. The molecule has 34 nitrogen and oxygen atoms in total. The summed E-state index contributed by atoms with van der Waals surface area (Å²) in [5.41, 5.74) is -1.40. The van der Waals surface area contributed by atoms with Crippen molar-refractivity contribution >= 4 is 5.97 Å². The molecule has 6 heterocycles. The Balaban J connectivity index is 0.000000717. The summed E-state index contributed by atoms with van der Waals surface area (Å²) in [6.07, 6.45) is -47.7. The molecule has 11 fully saturated rings. The molecule has 22 N–H and O–H groups in total. The molecule has 520 valence electrons. The Hall–Kier alpha value is -2.07. The fourth-order valence-electron chi connectivity index (χ4n) is 15.9. The number of aliphatic hydroxyl groups is 22. The third-order valence-corrected chi connectivity index (χ3v) is 21.0. The maximum absolute atomic E-state index is 14.9. The third-order valence-electron chi connectivity index (χ3n) is 21.0. The zero-order chi connectivity index (χ0) is 66.0. The van der Waals surface area contributed by atoms with Crippen LogP contribution < -0.4 is 0 Å². The number of ether oxygens (including phenoxy) is 11. The van der Waals surface area contributed by atoms with E-state index in [0.29, 0.717) is 51.4 Å². The van der Waals surface area contributed by atoms with Gasteiger partial charge in [-0.15, -0.1) is 0 Å². The molecule has 5 saturated carbocycles. The molecule has 11 aliphatic rings. The van der Waals surface area contributed by atoms with E-state index < -0.39 is 258 Å². The van der Waals surface area contributed by atoms with Gasteiger partial charge in [0.1, 0.15) is 140 Å². The van der Waals surface area contributed by atoms with Gasteiger partial charge < -0.3 is 164 Å². The molecule has 0 aromatic carbocycles. The lowest BCUT2D eigenvalue weighted by Gasteiger charge is -2.69. The van der Waals surface area contributed by atoms with Crippen molar-refractivity contribution in [1.82, 2.24) is 0 Å². The summed E-state index contributed by atoms with van der Waals surface area (Å²) >= 11 is 0. The van der Waals surface area contributed by atoms with Crippen LogP contribution in [0.25, 0.3) is 0 Å². The molecule has 6 aliphatic heterocycles. The van der Waals surface area contributed by atoms with Crippen LogP contribution in [0, 0.1) is 34.0 Å². The lowest BCUT2D eigenvalue weighted by atomic mass is 9.36. The SMILES string of the molecule is C=C1C[C@@]23CC[C@H]4[C@@](C)(CCC[C@@]4(C)C(=O)OC4OC(CO)C(O)C(O)C4OC4OC(CO)C(O)C(O)C4O)[C@@H]2CC1[C@H](OC1OC(CO)C(O)C(OC2OC(CO)C(O)C(O)C2O)C1OC1OC(CO)C(O)C(O)C1O)C3.OCC1OC(O)C(O)C(O)C1O. The summed E-state index contributed by atoms with van der Waals surface area (Å²) in [4.78, 5) is 14.9. The average molecular weight is 1310 g/mol. The van der Waals surface area contributed by atoms with Gasteiger partial charge in [-0.25, -0.2) is 0 Å². The normalized spacial score (nSPS) is 53.8. The van der Waals surface area contributed by atoms with Gasteiger partial charge in [0.25, 0.3) is 0 Å². The maximum Gasteiger partial charge on any atom is 0.314 e. The highest BCUT2D eigenvalue weighted by molar-refractivity contribution is 5.77. The summed E-state index contributed by atoms with van der Waals surface area (Å²) in [6.45, 7) is 3.78. The van der Waals surface area contributed by atoms with Gasteiger partial charge in [0.05, 0.1) is 51.2 Å². The minimum atomic E-state index is -1.98. The summed E-state index contributed by atoms with van der Waals surface area (Å²) in [5, 5.41) is 225. The van der Waals surface area contributed by atoms with Crippen molar-refractivity contribution in [3.8, 4) is 0 Å². The largest absolute Gasteiger partial charge is 0.432 e. The molecular weight excluding hydrogens is 1220 g/mol. The quantitative estimate of drug-likeness (QED) is 0.0388. The highest BCUT2D eigenvalue weighted by Crippen LogP contribution is 2.72. The fourth-order valence-corrected chi connectivity index (χ4v) is 15.9. The Kier molecular flexibility index (Phi) is 23.2. The monoisotopic (exact) mass is 1310 g/mol. The predicted molar refractivity (Wildman–Crippen MR) is 288 cm³/mol. The predicted octanol–water partition coefficient (Wildman–Crippen LogP) is -10.7. The van der Waals surface area contributed by atoms with E-state index in [-0.39, 0.29) is 11.8 Å². The van der Waals surface area contributed by atoms with Crippen molar-refractivity contribution in [2.75, 3.05) is 39.6 Å². The zero-order valence-corrected chi connectivity index (χ0v) is 49.5. The van der Waals surface area contributed by atoms with E-state index in [4.69, 9.17) is 72.9 Å². The van der Waals surface area contributed by atoms with Gasteiger partial charge in [-0.2, -0.15) is 0 Å². The van der Waals surface area contributed by atoms with E-state index >= 15 is 0 Å². The topological polar surface area (TPSA) is 564 Å². The van der Waals surface area contributed by atoms with Crippen LogP contribution in [0.1, 0.15) is 65.2 Å². The van der Waals surface area contributed by atoms with E-state index in [9.17, 15) is 91.6 Å². The van der Waals surface area contributed by atoms with Crippen LogP contribution in [-0.4, -0.2) is 348 Å². The lowest BCUT2D eigenvalue weighted by molar-refractivity contribution is -0.398. The second-order valence-corrected chi connectivity index (χ2v) is 26.3. The van der Waals surface area contributed by atoms with Crippen molar-refractivity contribution in [3.05, 3.63) is 12.2 Å². The van der Waals surface area contributed by atoms with Crippen molar-refractivity contribution in [2.45, 2.75) is 256 Å². The third kappa shape index (κ3) is 13.3. The first-order chi connectivity index (χ1) is 42.5. The molecule has 31 unspecified atom stereocenters. The van der Waals surface area contributed by atoms with Gasteiger partial charge in [0.2, 0.25) is 6.29 Å². The molecule has 1 spiro atoms. The highest BCUT2D eigenvalue weighted by Gasteiger charge is 2.68. The van der Waals surface area contributed by atoms with Crippen LogP contribution in [0.2, 0.25) is 0 Å². The van der Waals surface area contributed by atoms with Gasteiger partial charge in [-0.1, -0.05) is 25.5 Å². The Bertz CT molecular complexity index is 2360. The summed E-state index contributed by atoms with van der Waals surface area (Å²) in [5.74, 6) is -1.52. The summed E-state index contributed by atoms with van der Waals surface area (Å²) < 4.78 is 64.6. The Morgan fingerprint density at radius 2 is 0.856 bits per heavy atom. The fraction of sp³-hybridized carbons (Fsp3) is 0.946. The number of esters is 1. The summed E-state index contributed by atoms with van der Waals surface area (Å²) in [7, 11) is 0. The molecule has 37 atom stereocenters. The minimum absolute atomic E-state index is 0.0572. The molecule has 6 saturated heterocycles. The van der Waals surface area contributed by atoms with E-state index in [1.165, 1.54) is 0 Å². The molecule has 34 heteroatoms. The Morgan fingerprint density at radius 3 is 1.34 bits per heavy atom. The Morgan fingerprint density at radius 1 is 0.444 bits per heavy atom. The molecule has 2 bridgehead atoms. The number of hydrogen-bond donors (Lipinski definition) is 22. The first-order valence-corrected chi connectivity index (χ1v) is 30.5. The molecule has 11 rings (SSSR count). The molecule has 90 heavy (non-hydrogen) atoms. The molecular formula is C56H92O34. The van der Waals surface area contributed by atoms with Crippen molar-refractivity contribution in [2.24, 2.45) is 34.0 Å². The number of aliphatic hydroxyl groups excluding tert-OH is 22. The molecule has 5 aliphatic carbocycles. The van der Waals surface area contributed by atoms with Crippen LogP contribution in [0.4, 0.5) is 0 Å². The smallest absolute Gasteiger partial charge is 0.314 e. The van der Waals surface area contributed by atoms with Gasteiger partial charge >= 0.3 is 5.97 Å². The van der Waals surface area contributed by atoms with Crippen LogP contribution >= 0.6 is 0 Å². The minimum Gasteiger partial charge on any atom is -0.432 e. The molecule has 0 amide bonds. The molecule has 0 aromatic rings. The van der Waals surface area contributed by atoms with E-state index in [1.807, 2.05) is 0 Å². The van der Waals surface area contributed by atoms with Gasteiger partial charge in [0, 0.05) is 5.92 Å². The van der Waals surface area contributed by atoms with Crippen molar-refractivity contribution in [1.29, 1.82) is 0 Å². The van der Waals surface area contributed by atoms with Crippen LogP contribution in [-0.2, 0) is 56.9 Å². The molecule has 0 aromatic heterocycles. The zero-order valence-electron chi connectivity index (χ0n) is 49.5. The number of hydrogen-bond acceptors (Lipinski definition) is 34. The van der Waals surface area contributed by atoms with Gasteiger partial charge in [-0.3, -0.25) is 4.79 Å². The van der Waals surface area contributed by atoms with Crippen LogP contribution in [0.3, 0.4) is 0 Å². The first-order valence-electron chi connectivity index (χ1n) is 30.5. The maximum atomic E-state index is 14.9. The van der Waals surface area contributed by atoms with Crippen LogP contribution in [0.15, 0.2) is 12.2 Å².